The van der Waals surface area contributed by atoms with Crippen LogP contribution in [-0.2, 0) is 0 Å². The molecule has 0 heterocycles. The van der Waals surface area contributed by atoms with E-state index < -0.39 is 0 Å². The SMILES string of the molecule is CNC(CNC(C)C)c1c(C)cc(C)cc1C. The maximum absolute atomic E-state index is 3.50. The van der Waals surface area contributed by atoms with Crippen molar-refractivity contribution < 1.29 is 0 Å². The van der Waals surface area contributed by atoms with Gasteiger partial charge in [-0.3, -0.25) is 0 Å². The zero-order valence-corrected chi connectivity index (χ0v) is 12.0. The molecule has 2 N–H and O–H groups in total. The Labute approximate surface area is 106 Å². The predicted molar refractivity (Wildman–Crippen MR) is 75.6 cm³/mol. The zero-order valence-electron chi connectivity index (χ0n) is 12.0. The average Bonchev–Trinajstić information content (AvgIpc) is 2.21. The van der Waals surface area contributed by atoms with Crippen LogP contribution < -0.4 is 10.6 Å². The summed E-state index contributed by atoms with van der Waals surface area (Å²) < 4.78 is 0. The maximum Gasteiger partial charge on any atom is 0.0449 e. The van der Waals surface area contributed by atoms with Gasteiger partial charge in [-0.1, -0.05) is 31.5 Å². The third-order valence-electron chi connectivity index (χ3n) is 3.17. The van der Waals surface area contributed by atoms with Crippen molar-refractivity contribution in [3.63, 3.8) is 0 Å². The van der Waals surface area contributed by atoms with E-state index in [0.29, 0.717) is 12.1 Å². The molecule has 0 fully saturated rings. The second-order valence-electron chi connectivity index (χ2n) is 5.22. The lowest BCUT2D eigenvalue weighted by atomic mass is 9.94. The molecule has 0 aromatic heterocycles. The first kappa shape index (κ1) is 14.2. The van der Waals surface area contributed by atoms with Gasteiger partial charge in [0.05, 0.1) is 0 Å². The third-order valence-corrected chi connectivity index (χ3v) is 3.17. The van der Waals surface area contributed by atoms with Gasteiger partial charge in [0.25, 0.3) is 0 Å². The molecule has 2 nitrogen and oxygen atoms in total. The van der Waals surface area contributed by atoms with Gasteiger partial charge in [-0.05, 0) is 44.5 Å². The largest absolute Gasteiger partial charge is 0.313 e. The fourth-order valence-electron chi connectivity index (χ4n) is 2.44. The Morgan fingerprint density at radius 1 is 1.06 bits per heavy atom. The molecular formula is C15H26N2. The summed E-state index contributed by atoms with van der Waals surface area (Å²) in [4.78, 5) is 0. The highest BCUT2D eigenvalue weighted by atomic mass is 15.0. The van der Waals surface area contributed by atoms with E-state index in [1.807, 2.05) is 7.05 Å². The van der Waals surface area contributed by atoms with Crippen LogP contribution in [0.4, 0.5) is 0 Å². The lowest BCUT2D eigenvalue weighted by Gasteiger charge is -2.23. The third kappa shape index (κ3) is 3.83. The van der Waals surface area contributed by atoms with Gasteiger partial charge in [-0.25, -0.2) is 0 Å². The van der Waals surface area contributed by atoms with E-state index in [1.54, 1.807) is 0 Å². The zero-order chi connectivity index (χ0) is 13.0. The van der Waals surface area contributed by atoms with Crippen LogP contribution in [0.25, 0.3) is 0 Å². The van der Waals surface area contributed by atoms with Crippen LogP contribution >= 0.6 is 0 Å². The first-order valence-corrected chi connectivity index (χ1v) is 6.44. The van der Waals surface area contributed by atoms with E-state index in [2.05, 4.69) is 57.4 Å². The Hall–Kier alpha value is -0.860. The lowest BCUT2D eigenvalue weighted by molar-refractivity contribution is 0.488. The van der Waals surface area contributed by atoms with Gasteiger partial charge < -0.3 is 10.6 Å². The molecule has 96 valence electrons. The number of hydrogen-bond acceptors (Lipinski definition) is 2. The van der Waals surface area contributed by atoms with E-state index in [1.165, 1.54) is 22.3 Å². The maximum atomic E-state index is 3.50. The van der Waals surface area contributed by atoms with Crippen molar-refractivity contribution >= 4 is 0 Å². The van der Waals surface area contributed by atoms with Gasteiger partial charge in [0.1, 0.15) is 0 Å². The lowest BCUT2D eigenvalue weighted by Crippen LogP contribution is -2.34. The Morgan fingerprint density at radius 3 is 2.00 bits per heavy atom. The molecule has 0 saturated carbocycles. The van der Waals surface area contributed by atoms with Crippen LogP contribution in [0.3, 0.4) is 0 Å². The molecule has 0 radical (unpaired) electrons. The normalized spacial score (nSPS) is 13.1. The van der Waals surface area contributed by atoms with Crippen molar-refractivity contribution in [1.82, 2.24) is 10.6 Å². The number of likely N-dealkylation sites (N-methyl/N-ethyl adjacent to an activating group) is 1. The molecule has 1 aromatic rings. The highest BCUT2D eigenvalue weighted by Gasteiger charge is 2.14. The molecule has 1 rings (SSSR count). The first-order valence-electron chi connectivity index (χ1n) is 6.44. The average molecular weight is 234 g/mol. The van der Waals surface area contributed by atoms with Gasteiger partial charge in [0.2, 0.25) is 0 Å². The standard InChI is InChI=1S/C15H26N2/c1-10(2)17-9-14(16-6)15-12(4)7-11(3)8-13(15)5/h7-8,10,14,16-17H,9H2,1-6H3. The summed E-state index contributed by atoms with van der Waals surface area (Å²) in [5.41, 5.74) is 5.54. The molecule has 0 spiro atoms. The molecule has 1 unspecified atom stereocenters. The fourth-order valence-corrected chi connectivity index (χ4v) is 2.44. The fraction of sp³-hybridized carbons (Fsp3) is 0.600. The van der Waals surface area contributed by atoms with Gasteiger partial charge in [-0.2, -0.15) is 0 Å². The van der Waals surface area contributed by atoms with Gasteiger partial charge in [0.15, 0.2) is 0 Å². The van der Waals surface area contributed by atoms with Crippen LogP contribution in [0.5, 0.6) is 0 Å². The molecule has 0 saturated heterocycles. The first-order chi connectivity index (χ1) is 7.95. The summed E-state index contributed by atoms with van der Waals surface area (Å²) in [6.45, 7) is 11.9. The van der Waals surface area contributed by atoms with Gasteiger partial charge in [-0.15, -0.1) is 0 Å². The Bertz CT molecular complexity index is 346. The Morgan fingerprint density at radius 2 is 1.59 bits per heavy atom. The number of rotatable bonds is 5. The van der Waals surface area contributed by atoms with E-state index in [0.717, 1.165) is 6.54 Å². The predicted octanol–water partition coefficient (Wildman–Crippen LogP) is 2.87. The van der Waals surface area contributed by atoms with Crippen molar-refractivity contribution in [3.8, 4) is 0 Å². The minimum absolute atomic E-state index is 0.387. The summed E-state index contributed by atoms with van der Waals surface area (Å²) in [5, 5.41) is 6.91. The number of benzene rings is 1. The van der Waals surface area contributed by atoms with Crippen LogP contribution in [-0.4, -0.2) is 19.6 Å². The number of nitrogens with one attached hydrogen (secondary N) is 2. The van der Waals surface area contributed by atoms with Gasteiger partial charge in [0, 0.05) is 18.6 Å². The Kier molecular flexibility index (Phi) is 5.16. The summed E-state index contributed by atoms with van der Waals surface area (Å²) in [6, 6.07) is 5.44. The Balaban J connectivity index is 2.95. The highest BCUT2D eigenvalue weighted by molar-refractivity contribution is 5.39. The molecule has 0 aliphatic carbocycles. The van der Waals surface area contributed by atoms with E-state index in [4.69, 9.17) is 0 Å². The van der Waals surface area contributed by atoms with Gasteiger partial charge >= 0.3 is 0 Å². The topological polar surface area (TPSA) is 24.1 Å². The summed E-state index contributed by atoms with van der Waals surface area (Å²) in [7, 11) is 2.03. The molecule has 1 atom stereocenters. The van der Waals surface area contributed by atoms with Crippen molar-refractivity contribution in [1.29, 1.82) is 0 Å². The monoisotopic (exact) mass is 234 g/mol. The molecule has 2 heteroatoms. The van der Waals surface area contributed by atoms with Crippen LogP contribution in [0.2, 0.25) is 0 Å². The molecule has 0 aliphatic rings. The van der Waals surface area contributed by atoms with Crippen LogP contribution in [0.15, 0.2) is 12.1 Å². The smallest absolute Gasteiger partial charge is 0.0449 e. The molecule has 0 amide bonds. The minimum atomic E-state index is 0.387. The van der Waals surface area contributed by atoms with Crippen molar-refractivity contribution in [3.05, 3.63) is 34.4 Å². The highest BCUT2D eigenvalue weighted by Crippen LogP contribution is 2.23. The second-order valence-corrected chi connectivity index (χ2v) is 5.22. The van der Waals surface area contributed by atoms with Crippen molar-refractivity contribution in [2.75, 3.05) is 13.6 Å². The van der Waals surface area contributed by atoms with Crippen molar-refractivity contribution in [2.24, 2.45) is 0 Å². The van der Waals surface area contributed by atoms with E-state index in [-0.39, 0.29) is 0 Å². The molecule has 17 heavy (non-hydrogen) atoms. The van der Waals surface area contributed by atoms with Crippen LogP contribution in [0.1, 0.15) is 42.1 Å². The van der Waals surface area contributed by atoms with E-state index >= 15 is 0 Å². The molecular weight excluding hydrogens is 208 g/mol. The molecule has 1 aromatic carbocycles. The molecule has 0 aliphatic heterocycles. The summed E-state index contributed by atoms with van der Waals surface area (Å²) in [5.74, 6) is 0. The van der Waals surface area contributed by atoms with Crippen LogP contribution in [0, 0.1) is 20.8 Å². The summed E-state index contributed by atoms with van der Waals surface area (Å²) in [6.07, 6.45) is 0. The summed E-state index contributed by atoms with van der Waals surface area (Å²) >= 11 is 0. The quantitative estimate of drug-likeness (QED) is 0.818. The van der Waals surface area contributed by atoms with E-state index in [9.17, 15) is 0 Å². The van der Waals surface area contributed by atoms with Crippen molar-refractivity contribution in [2.45, 2.75) is 46.7 Å². The minimum Gasteiger partial charge on any atom is -0.313 e. The second kappa shape index (κ2) is 6.18. The number of aryl methyl sites for hydroxylation is 3. The number of hydrogen-bond donors (Lipinski definition) is 2. The molecule has 0 bridgehead atoms.